The van der Waals surface area contributed by atoms with E-state index in [1.165, 1.54) is 5.39 Å². The van der Waals surface area contributed by atoms with Gasteiger partial charge in [-0.15, -0.1) is 0 Å². The summed E-state index contributed by atoms with van der Waals surface area (Å²) in [6.07, 6.45) is -0.767. The predicted molar refractivity (Wildman–Crippen MR) is 137 cm³/mol. The van der Waals surface area contributed by atoms with Gasteiger partial charge in [0.05, 0.1) is 16.9 Å². The quantitative estimate of drug-likeness (QED) is 0.385. The molecule has 0 aromatic heterocycles. The van der Waals surface area contributed by atoms with Crippen LogP contribution in [0.25, 0.3) is 10.8 Å². The zero-order valence-electron chi connectivity index (χ0n) is 19.6. The van der Waals surface area contributed by atoms with Crippen LogP contribution in [0.3, 0.4) is 0 Å². The summed E-state index contributed by atoms with van der Waals surface area (Å²) in [4.78, 5) is 26.9. The highest BCUT2D eigenvalue weighted by atomic mass is 16.5. The number of nitrogens with one attached hydrogen (secondary N) is 1. The number of aromatic carboxylic acids is 1. The third kappa shape index (κ3) is 4.24. The van der Waals surface area contributed by atoms with Gasteiger partial charge in [-0.05, 0) is 60.0 Å². The maximum absolute atomic E-state index is 13.6. The molecule has 6 heteroatoms. The number of benzene rings is 4. The summed E-state index contributed by atoms with van der Waals surface area (Å²) >= 11 is 0. The average molecular weight is 467 g/mol. The van der Waals surface area contributed by atoms with Gasteiger partial charge in [0.15, 0.2) is 6.10 Å². The molecule has 0 radical (unpaired) electrons. The van der Waals surface area contributed by atoms with Crippen LogP contribution in [0.5, 0.6) is 5.75 Å². The molecule has 2 N–H and O–H groups in total. The Morgan fingerprint density at radius 1 is 1.03 bits per heavy atom. The molecule has 35 heavy (non-hydrogen) atoms. The van der Waals surface area contributed by atoms with E-state index in [9.17, 15) is 14.7 Å². The summed E-state index contributed by atoms with van der Waals surface area (Å²) in [6, 6.07) is 26.8. The Hall–Kier alpha value is -4.16. The third-order valence-electron chi connectivity index (χ3n) is 6.48. The summed E-state index contributed by atoms with van der Waals surface area (Å²) in [7, 11) is 0. The summed E-state index contributed by atoms with van der Waals surface area (Å²) in [5.41, 5.74) is 3.04. The van der Waals surface area contributed by atoms with Crippen LogP contribution in [0, 0.1) is 6.92 Å². The van der Waals surface area contributed by atoms with Crippen LogP contribution in [0.2, 0.25) is 0 Å². The lowest BCUT2D eigenvalue weighted by Crippen LogP contribution is -2.48. The molecular formula is C29H26N2O4. The van der Waals surface area contributed by atoms with Gasteiger partial charge in [-0.2, -0.15) is 0 Å². The number of hydrogen-bond acceptors (Lipinski definition) is 4. The van der Waals surface area contributed by atoms with E-state index in [1.807, 2.05) is 36.4 Å². The summed E-state index contributed by atoms with van der Waals surface area (Å²) in [5.74, 6) is -0.698. The summed E-state index contributed by atoms with van der Waals surface area (Å²) < 4.78 is 6.10. The number of carbonyl (C=O) groups is 2. The number of carboxylic acids is 1. The molecule has 176 valence electrons. The molecule has 4 aromatic carbocycles. The van der Waals surface area contributed by atoms with Gasteiger partial charge in [0.25, 0.3) is 5.91 Å². The first-order valence-corrected chi connectivity index (χ1v) is 11.6. The number of fused-ring (bicyclic) bond motifs is 2. The molecule has 2 unspecified atom stereocenters. The topological polar surface area (TPSA) is 78.9 Å². The van der Waals surface area contributed by atoms with Crippen LogP contribution < -0.4 is 15.0 Å². The number of para-hydroxylation sites is 2. The van der Waals surface area contributed by atoms with Gasteiger partial charge in [-0.25, -0.2) is 4.79 Å². The van der Waals surface area contributed by atoms with Crippen molar-refractivity contribution in [2.45, 2.75) is 26.0 Å². The molecule has 1 aliphatic rings. The Bertz CT molecular complexity index is 1430. The lowest BCUT2D eigenvalue weighted by atomic mass is 9.99. The smallest absolute Gasteiger partial charge is 0.336 e. The molecule has 6 nitrogen and oxygen atoms in total. The third-order valence-corrected chi connectivity index (χ3v) is 6.48. The van der Waals surface area contributed by atoms with Crippen molar-refractivity contribution >= 4 is 34.0 Å². The molecule has 1 aliphatic heterocycles. The maximum Gasteiger partial charge on any atom is 0.336 e. The van der Waals surface area contributed by atoms with E-state index in [1.54, 1.807) is 36.1 Å². The van der Waals surface area contributed by atoms with Crippen LogP contribution in [-0.2, 0) is 4.79 Å². The largest absolute Gasteiger partial charge is 0.478 e. The van der Waals surface area contributed by atoms with E-state index >= 15 is 0 Å². The first kappa shape index (κ1) is 22.6. The van der Waals surface area contributed by atoms with Crippen molar-refractivity contribution in [3.8, 4) is 5.75 Å². The number of carboxylic acid groups (broad SMARTS) is 1. The Balaban J connectivity index is 1.44. The first-order chi connectivity index (χ1) is 16.9. The van der Waals surface area contributed by atoms with Crippen molar-refractivity contribution in [2.75, 3.05) is 11.4 Å². The summed E-state index contributed by atoms with van der Waals surface area (Å²) in [5, 5.41) is 15.4. The van der Waals surface area contributed by atoms with Crippen LogP contribution in [0.1, 0.15) is 34.5 Å². The number of nitrogens with zero attached hydrogens (tertiary/aromatic N) is 1. The minimum atomic E-state index is -1.03. The minimum absolute atomic E-state index is 0.0129. The molecule has 1 heterocycles. The molecule has 0 spiro atoms. The fraction of sp³-hybridized carbons (Fsp3) is 0.172. The fourth-order valence-corrected chi connectivity index (χ4v) is 4.60. The molecule has 1 amide bonds. The standard InChI is InChI=1S/C29H26N2O4/c1-18-14-15-21(16-24(18)29(33)34)31-25-12-5-6-13-26(25)35-27(28(31)32)17-30-19(2)22-11-7-9-20-8-3-4-10-23(20)22/h3-16,19,27,30H,17H2,1-2H3,(H,33,34). The Morgan fingerprint density at radius 3 is 2.60 bits per heavy atom. The lowest BCUT2D eigenvalue weighted by molar-refractivity contribution is -0.125. The van der Waals surface area contributed by atoms with E-state index in [0.717, 1.165) is 10.9 Å². The van der Waals surface area contributed by atoms with Gasteiger partial charge < -0.3 is 15.2 Å². The van der Waals surface area contributed by atoms with Crippen LogP contribution in [-0.4, -0.2) is 29.6 Å². The van der Waals surface area contributed by atoms with E-state index in [0.29, 0.717) is 29.2 Å². The van der Waals surface area contributed by atoms with E-state index in [-0.39, 0.29) is 17.5 Å². The Labute approximate surface area is 203 Å². The first-order valence-electron chi connectivity index (χ1n) is 11.6. The average Bonchev–Trinajstić information content (AvgIpc) is 2.87. The second-order valence-electron chi connectivity index (χ2n) is 8.75. The number of anilines is 2. The Kier molecular flexibility index (Phi) is 5.97. The SMILES string of the molecule is Cc1ccc(N2C(=O)C(CNC(C)c3cccc4ccccc34)Oc3ccccc32)cc1C(=O)O. The number of aryl methyl sites for hydroxylation is 1. The molecule has 4 aromatic rings. The maximum atomic E-state index is 13.6. The second-order valence-corrected chi connectivity index (χ2v) is 8.75. The molecule has 0 fully saturated rings. The normalized spacial score (nSPS) is 16.0. The van der Waals surface area contributed by atoms with Gasteiger partial charge in [-0.3, -0.25) is 9.69 Å². The molecule has 0 saturated carbocycles. The van der Waals surface area contributed by atoms with Gasteiger partial charge in [-0.1, -0.05) is 60.7 Å². The number of hydrogen-bond donors (Lipinski definition) is 2. The zero-order chi connectivity index (χ0) is 24.5. The van der Waals surface area contributed by atoms with Crippen molar-refractivity contribution in [2.24, 2.45) is 0 Å². The van der Waals surface area contributed by atoms with Crippen molar-refractivity contribution in [3.05, 3.63) is 102 Å². The molecular weight excluding hydrogens is 440 g/mol. The van der Waals surface area contributed by atoms with Crippen LogP contribution >= 0.6 is 0 Å². The van der Waals surface area contributed by atoms with Crippen molar-refractivity contribution < 1.29 is 19.4 Å². The molecule has 2 atom stereocenters. The second kappa shape index (κ2) is 9.24. The van der Waals surface area contributed by atoms with E-state index < -0.39 is 12.1 Å². The Morgan fingerprint density at radius 2 is 1.77 bits per heavy atom. The van der Waals surface area contributed by atoms with Gasteiger partial charge in [0.1, 0.15) is 5.75 Å². The lowest BCUT2D eigenvalue weighted by Gasteiger charge is -2.35. The highest BCUT2D eigenvalue weighted by Gasteiger charge is 2.35. The number of ether oxygens (including phenoxy) is 1. The van der Waals surface area contributed by atoms with E-state index in [4.69, 9.17) is 4.74 Å². The van der Waals surface area contributed by atoms with Gasteiger partial charge >= 0.3 is 5.97 Å². The predicted octanol–water partition coefficient (Wildman–Crippen LogP) is 5.62. The summed E-state index contributed by atoms with van der Waals surface area (Å²) in [6.45, 7) is 4.11. The molecule has 0 saturated heterocycles. The number of rotatable bonds is 6. The number of carbonyl (C=O) groups excluding carboxylic acids is 1. The van der Waals surface area contributed by atoms with Crippen LogP contribution in [0.4, 0.5) is 11.4 Å². The number of amides is 1. The monoisotopic (exact) mass is 466 g/mol. The zero-order valence-corrected chi connectivity index (χ0v) is 19.6. The van der Waals surface area contributed by atoms with Crippen molar-refractivity contribution in [1.29, 1.82) is 0 Å². The molecule has 0 bridgehead atoms. The highest BCUT2D eigenvalue weighted by molar-refractivity contribution is 6.07. The fourth-order valence-electron chi connectivity index (χ4n) is 4.60. The van der Waals surface area contributed by atoms with Gasteiger partial charge in [0.2, 0.25) is 0 Å². The molecule has 5 rings (SSSR count). The van der Waals surface area contributed by atoms with Crippen LogP contribution in [0.15, 0.2) is 84.9 Å². The van der Waals surface area contributed by atoms with Crippen molar-refractivity contribution in [3.63, 3.8) is 0 Å². The minimum Gasteiger partial charge on any atom is -0.478 e. The highest BCUT2D eigenvalue weighted by Crippen LogP contribution is 2.39. The van der Waals surface area contributed by atoms with Crippen molar-refractivity contribution in [1.82, 2.24) is 5.32 Å². The molecule has 0 aliphatic carbocycles. The van der Waals surface area contributed by atoms with E-state index in [2.05, 4.69) is 36.5 Å². The van der Waals surface area contributed by atoms with Gasteiger partial charge in [0, 0.05) is 12.6 Å².